The molecule has 0 bridgehead atoms. The first-order chi connectivity index (χ1) is 15.6. The molecule has 1 heterocycles. The lowest BCUT2D eigenvalue weighted by Crippen LogP contribution is -1.99. The minimum absolute atomic E-state index is 0.395. The zero-order valence-corrected chi connectivity index (χ0v) is 19.2. The average Bonchev–Trinajstić information content (AvgIpc) is 3.19. The molecule has 1 aliphatic heterocycles. The second-order valence-electron chi connectivity index (χ2n) is 7.75. The third-order valence-electron chi connectivity index (χ3n) is 5.37. The molecule has 0 saturated carbocycles. The van der Waals surface area contributed by atoms with E-state index in [0.717, 1.165) is 24.3 Å². The SMILES string of the molecule is CCCCCCCCOc1ccc(/C=C2/C=C(c3cc(OC)ccc3OC)OC2=O)cc1. The predicted octanol–water partition coefficient (Wildman–Crippen LogP) is 6.42. The van der Waals surface area contributed by atoms with E-state index in [1.165, 1.54) is 32.1 Å². The van der Waals surface area contributed by atoms with E-state index in [0.29, 0.717) is 28.4 Å². The molecule has 0 fully saturated rings. The smallest absolute Gasteiger partial charge is 0.343 e. The van der Waals surface area contributed by atoms with Crippen LogP contribution in [0.5, 0.6) is 17.2 Å². The highest BCUT2D eigenvalue weighted by Gasteiger charge is 2.24. The lowest BCUT2D eigenvalue weighted by atomic mass is 10.1. The number of hydrogen-bond acceptors (Lipinski definition) is 5. The topological polar surface area (TPSA) is 54.0 Å². The molecule has 0 N–H and O–H groups in total. The van der Waals surface area contributed by atoms with Crippen LogP contribution in [0.2, 0.25) is 0 Å². The predicted molar refractivity (Wildman–Crippen MR) is 127 cm³/mol. The molecule has 32 heavy (non-hydrogen) atoms. The highest BCUT2D eigenvalue weighted by Crippen LogP contribution is 2.35. The Morgan fingerprint density at radius 3 is 2.31 bits per heavy atom. The van der Waals surface area contributed by atoms with Crippen molar-refractivity contribution in [2.45, 2.75) is 45.4 Å². The van der Waals surface area contributed by atoms with Gasteiger partial charge < -0.3 is 18.9 Å². The largest absolute Gasteiger partial charge is 0.497 e. The third-order valence-corrected chi connectivity index (χ3v) is 5.37. The van der Waals surface area contributed by atoms with Gasteiger partial charge in [0.1, 0.15) is 23.0 Å². The van der Waals surface area contributed by atoms with Gasteiger partial charge in [-0.25, -0.2) is 4.79 Å². The maximum atomic E-state index is 12.4. The van der Waals surface area contributed by atoms with Crippen molar-refractivity contribution < 1.29 is 23.7 Å². The molecule has 170 valence electrons. The van der Waals surface area contributed by atoms with Gasteiger partial charge in [-0.15, -0.1) is 0 Å². The van der Waals surface area contributed by atoms with E-state index in [2.05, 4.69) is 6.92 Å². The Bertz CT molecular complexity index is 957. The van der Waals surface area contributed by atoms with Crippen molar-refractivity contribution in [3.05, 3.63) is 65.2 Å². The van der Waals surface area contributed by atoms with E-state index >= 15 is 0 Å². The van der Waals surface area contributed by atoms with Crippen LogP contribution in [0, 0.1) is 0 Å². The molecule has 0 spiro atoms. The summed E-state index contributed by atoms with van der Waals surface area (Å²) in [5, 5.41) is 0. The normalized spacial score (nSPS) is 14.3. The zero-order chi connectivity index (χ0) is 22.8. The van der Waals surface area contributed by atoms with Gasteiger partial charge in [0, 0.05) is 0 Å². The summed E-state index contributed by atoms with van der Waals surface area (Å²) in [6, 6.07) is 13.1. The van der Waals surface area contributed by atoms with Gasteiger partial charge in [-0.1, -0.05) is 51.2 Å². The summed E-state index contributed by atoms with van der Waals surface area (Å²) in [4.78, 5) is 12.4. The second-order valence-corrected chi connectivity index (χ2v) is 7.75. The van der Waals surface area contributed by atoms with E-state index in [9.17, 15) is 4.79 Å². The Hall–Kier alpha value is -3.21. The van der Waals surface area contributed by atoms with Crippen LogP contribution < -0.4 is 14.2 Å². The highest BCUT2D eigenvalue weighted by atomic mass is 16.5. The van der Waals surface area contributed by atoms with Gasteiger partial charge in [-0.05, 0) is 54.5 Å². The number of hydrogen-bond donors (Lipinski definition) is 0. The van der Waals surface area contributed by atoms with Crippen molar-refractivity contribution in [3.8, 4) is 17.2 Å². The van der Waals surface area contributed by atoms with Crippen LogP contribution in [0.3, 0.4) is 0 Å². The zero-order valence-electron chi connectivity index (χ0n) is 19.2. The summed E-state index contributed by atoms with van der Waals surface area (Å²) in [6.07, 6.45) is 11.0. The van der Waals surface area contributed by atoms with E-state index < -0.39 is 5.97 Å². The lowest BCUT2D eigenvalue weighted by Gasteiger charge is -2.10. The fourth-order valence-electron chi connectivity index (χ4n) is 3.54. The number of ether oxygens (including phenoxy) is 4. The summed E-state index contributed by atoms with van der Waals surface area (Å²) in [7, 11) is 3.17. The standard InChI is InChI=1S/C27H32O5/c1-4-5-6-7-8-9-16-31-22-12-10-20(11-13-22)17-21-18-26(32-27(21)28)24-19-23(29-2)14-15-25(24)30-3/h10-15,17-19H,4-9,16H2,1-3H3/b21-17-. The Kier molecular flexibility index (Phi) is 8.79. The molecule has 0 saturated heterocycles. The summed E-state index contributed by atoms with van der Waals surface area (Å²) >= 11 is 0. The fourth-order valence-corrected chi connectivity index (χ4v) is 3.54. The van der Waals surface area contributed by atoms with Gasteiger partial charge in [-0.2, -0.15) is 0 Å². The number of esters is 1. The van der Waals surface area contributed by atoms with Crippen LogP contribution in [0.1, 0.15) is 56.6 Å². The molecule has 5 nitrogen and oxygen atoms in total. The molecule has 0 atom stereocenters. The Balaban J connectivity index is 1.62. The first kappa shape index (κ1) is 23.5. The maximum Gasteiger partial charge on any atom is 0.343 e. The number of methoxy groups -OCH3 is 2. The van der Waals surface area contributed by atoms with Gasteiger partial charge in [0.15, 0.2) is 0 Å². The van der Waals surface area contributed by atoms with Crippen LogP contribution in [-0.4, -0.2) is 26.8 Å². The van der Waals surface area contributed by atoms with Gasteiger partial charge in [0.2, 0.25) is 0 Å². The minimum Gasteiger partial charge on any atom is -0.497 e. The molecule has 5 heteroatoms. The lowest BCUT2D eigenvalue weighted by molar-refractivity contribution is -0.130. The monoisotopic (exact) mass is 436 g/mol. The first-order valence-electron chi connectivity index (χ1n) is 11.3. The molecule has 2 aromatic rings. The first-order valence-corrected chi connectivity index (χ1v) is 11.3. The third kappa shape index (κ3) is 6.39. The van der Waals surface area contributed by atoms with Crippen LogP contribution >= 0.6 is 0 Å². The average molecular weight is 437 g/mol. The van der Waals surface area contributed by atoms with Gasteiger partial charge in [-0.3, -0.25) is 0 Å². The molecular weight excluding hydrogens is 404 g/mol. The second kappa shape index (κ2) is 12.0. The number of cyclic esters (lactones) is 1. The Morgan fingerprint density at radius 1 is 0.875 bits per heavy atom. The molecule has 1 aliphatic rings. The van der Waals surface area contributed by atoms with Crippen molar-refractivity contribution in [1.82, 2.24) is 0 Å². The molecule has 2 aromatic carbocycles. The van der Waals surface area contributed by atoms with Crippen LogP contribution in [-0.2, 0) is 9.53 Å². The Morgan fingerprint density at radius 2 is 1.59 bits per heavy atom. The van der Waals surface area contributed by atoms with Crippen LogP contribution in [0.25, 0.3) is 11.8 Å². The molecule has 0 radical (unpaired) electrons. The van der Waals surface area contributed by atoms with Gasteiger partial charge >= 0.3 is 5.97 Å². The van der Waals surface area contributed by atoms with Gasteiger partial charge in [0.25, 0.3) is 0 Å². The fraction of sp³-hybridized carbons (Fsp3) is 0.370. The summed E-state index contributed by atoms with van der Waals surface area (Å²) in [5.74, 6) is 2.15. The van der Waals surface area contributed by atoms with Crippen LogP contribution in [0.15, 0.2) is 54.1 Å². The molecule has 0 unspecified atom stereocenters. The van der Waals surface area contributed by atoms with E-state index in [1.54, 1.807) is 44.6 Å². The molecule has 0 amide bonds. The molecular formula is C27H32O5. The van der Waals surface area contributed by atoms with Gasteiger partial charge in [0.05, 0.1) is 32.0 Å². The van der Waals surface area contributed by atoms with Crippen molar-refractivity contribution in [2.24, 2.45) is 0 Å². The van der Waals surface area contributed by atoms with Crippen molar-refractivity contribution in [1.29, 1.82) is 0 Å². The number of benzene rings is 2. The summed E-state index contributed by atoms with van der Waals surface area (Å²) in [6.45, 7) is 2.96. The van der Waals surface area contributed by atoms with E-state index in [-0.39, 0.29) is 0 Å². The van der Waals surface area contributed by atoms with Crippen LogP contribution in [0.4, 0.5) is 0 Å². The van der Waals surface area contributed by atoms with Crippen molar-refractivity contribution in [2.75, 3.05) is 20.8 Å². The molecule has 0 aliphatic carbocycles. The summed E-state index contributed by atoms with van der Waals surface area (Å²) < 4.78 is 22.0. The number of carbonyl (C=O) groups excluding carboxylic acids is 1. The number of unbranched alkanes of at least 4 members (excludes halogenated alkanes) is 5. The quantitative estimate of drug-likeness (QED) is 0.218. The van der Waals surface area contributed by atoms with E-state index in [4.69, 9.17) is 18.9 Å². The molecule has 0 aromatic heterocycles. The minimum atomic E-state index is -0.395. The number of rotatable bonds is 12. The maximum absolute atomic E-state index is 12.4. The number of carbonyl (C=O) groups is 1. The molecule has 3 rings (SSSR count). The van der Waals surface area contributed by atoms with E-state index in [1.807, 2.05) is 24.3 Å². The highest BCUT2D eigenvalue weighted by molar-refractivity contribution is 6.05. The summed E-state index contributed by atoms with van der Waals surface area (Å²) in [5.41, 5.74) is 2.05. The Labute approximate surface area is 190 Å². The van der Waals surface area contributed by atoms with Crippen molar-refractivity contribution >= 4 is 17.8 Å². The van der Waals surface area contributed by atoms with Crippen molar-refractivity contribution in [3.63, 3.8) is 0 Å².